The first kappa shape index (κ1) is 24.7. The van der Waals surface area contributed by atoms with Gasteiger partial charge in [0.15, 0.2) is 0 Å². The molecule has 0 aliphatic rings. The molecule has 3 rings (SSSR count). The maximum absolute atomic E-state index is 12.9. The van der Waals surface area contributed by atoms with E-state index < -0.39 is 6.04 Å². The molecular weight excluding hydrogens is 426 g/mol. The minimum atomic E-state index is -0.852. The molecule has 0 aromatic heterocycles. The van der Waals surface area contributed by atoms with Crippen LogP contribution in [0.15, 0.2) is 84.9 Å². The van der Waals surface area contributed by atoms with Crippen LogP contribution in [0.1, 0.15) is 54.7 Å². The molecule has 0 bridgehead atoms. The second-order valence-electron chi connectivity index (χ2n) is 9.10. The van der Waals surface area contributed by atoms with Crippen LogP contribution in [0.25, 0.3) is 0 Å². The van der Waals surface area contributed by atoms with Crippen molar-refractivity contribution in [2.24, 2.45) is 0 Å². The van der Waals surface area contributed by atoms with Gasteiger partial charge in [-0.3, -0.25) is 14.4 Å². The molecule has 176 valence electrons. The van der Waals surface area contributed by atoms with Crippen LogP contribution in [0.3, 0.4) is 0 Å². The van der Waals surface area contributed by atoms with Crippen molar-refractivity contribution in [1.29, 1.82) is 0 Å². The third-order valence-corrected chi connectivity index (χ3v) is 5.39. The van der Waals surface area contributed by atoms with Gasteiger partial charge in [0.25, 0.3) is 11.8 Å². The molecule has 6 nitrogen and oxygen atoms in total. The number of amides is 3. The largest absolute Gasteiger partial charge is 0.352 e. The van der Waals surface area contributed by atoms with Crippen LogP contribution < -0.4 is 16.0 Å². The third kappa shape index (κ3) is 7.04. The molecule has 1 unspecified atom stereocenters. The minimum Gasteiger partial charge on any atom is -0.352 e. The smallest absolute Gasteiger partial charge is 0.251 e. The summed E-state index contributed by atoms with van der Waals surface area (Å²) < 4.78 is 0. The van der Waals surface area contributed by atoms with Gasteiger partial charge in [-0.1, -0.05) is 81.4 Å². The van der Waals surface area contributed by atoms with Crippen LogP contribution in [0, 0.1) is 0 Å². The lowest BCUT2D eigenvalue weighted by molar-refractivity contribution is -0.126. The van der Waals surface area contributed by atoms with Crippen molar-refractivity contribution >= 4 is 23.4 Å². The van der Waals surface area contributed by atoms with Gasteiger partial charge in [-0.25, -0.2) is 0 Å². The summed E-state index contributed by atoms with van der Waals surface area (Å²) >= 11 is 0. The molecule has 0 spiro atoms. The summed E-state index contributed by atoms with van der Waals surface area (Å²) in [5, 5.41) is 8.39. The summed E-state index contributed by atoms with van der Waals surface area (Å²) in [5.41, 5.74) is 3.01. The lowest BCUT2D eigenvalue weighted by atomic mass is 9.87. The van der Waals surface area contributed by atoms with E-state index in [-0.39, 0.29) is 36.1 Å². The van der Waals surface area contributed by atoms with E-state index in [1.165, 1.54) is 0 Å². The number of hydrogen-bond acceptors (Lipinski definition) is 3. The number of para-hydroxylation sites is 1. The first-order chi connectivity index (χ1) is 16.2. The van der Waals surface area contributed by atoms with Gasteiger partial charge >= 0.3 is 0 Å². The fourth-order valence-corrected chi connectivity index (χ4v) is 3.43. The number of benzene rings is 3. The molecule has 3 N–H and O–H groups in total. The second-order valence-corrected chi connectivity index (χ2v) is 9.10. The number of hydrogen-bond donors (Lipinski definition) is 3. The van der Waals surface area contributed by atoms with E-state index in [1.807, 2.05) is 48.5 Å². The highest BCUT2D eigenvalue weighted by Crippen LogP contribution is 2.22. The van der Waals surface area contributed by atoms with Gasteiger partial charge in [0, 0.05) is 24.2 Å². The van der Waals surface area contributed by atoms with Crippen LogP contribution in [0.2, 0.25) is 0 Å². The standard InChI is InChI=1S/C28H31N3O3/c1-28(2,3)22-16-14-21(15-17-22)26(33)29-19-18-24(32)31-25(20-10-6-4-7-11-20)27(34)30-23-12-8-5-9-13-23/h4-17,25H,18-19H2,1-3H3,(H,29,33)(H,30,34)(H,31,32). The Labute approximate surface area is 200 Å². The highest BCUT2D eigenvalue weighted by Gasteiger charge is 2.23. The van der Waals surface area contributed by atoms with Gasteiger partial charge < -0.3 is 16.0 Å². The van der Waals surface area contributed by atoms with Crippen molar-refractivity contribution in [2.75, 3.05) is 11.9 Å². The molecule has 3 aromatic carbocycles. The van der Waals surface area contributed by atoms with Crippen LogP contribution in [0.5, 0.6) is 0 Å². The van der Waals surface area contributed by atoms with Gasteiger partial charge in [-0.15, -0.1) is 0 Å². The third-order valence-electron chi connectivity index (χ3n) is 5.39. The number of anilines is 1. The zero-order valence-electron chi connectivity index (χ0n) is 19.8. The topological polar surface area (TPSA) is 87.3 Å². The Bertz CT molecular complexity index is 1110. The van der Waals surface area contributed by atoms with E-state index in [9.17, 15) is 14.4 Å². The first-order valence-electron chi connectivity index (χ1n) is 11.3. The maximum Gasteiger partial charge on any atom is 0.251 e. The van der Waals surface area contributed by atoms with Crippen molar-refractivity contribution in [2.45, 2.75) is 38.6 Å². The molecule has 34 heavy (non-hydrogen) atoms. The maximum atomic E-state index is 12.9. The summed E-state index contributed by atoms with van der Waals surface area (Å²) in [6.07, 6.45) is 0.0494. The van der Waals surface area contributed by atoms with Gasteiger partial charge in [-0.2, -0.15) is 0 Å². The van der Waals surface area contributed by atoms with Crippen molar-refractivity contribution in [3.63, 3.8) is 0 Å². The fourth-order valence-electron chi connectivity index (χ4n) is 3.43. The van der Waals surface area contributed by atoms with Gasteiger partial charge in [0.05, 0.1) is 0 Å². The molecule has 0 radical (unpaired) electrons. The quantitative estimate of drug-likeness (QED) is 0.462. The molecule has 0 aliphatic heterocycles. The molecule has 0 fully saturated rings. The summed E-state index contributed by atoms with van der Waals surface area (Å²) in [6.45, 7) is 6.50. The Morgan fingerprint density at radius 1 is 0.794 bits per heavy atom. The Morgan fingerprint density at radius 2 is 1.38 bits per heavy atom. The zero-order chi connectivity index (χ0) is 24.6. The molecule has 0 aliphatic carbocycles. The summed E-state index contributed by atoms with van der Waals surface area (Å²) in [5.74, 6) is -0.913. The Morgan fingerprint density at radius 3 is 1.97 bits per heavy atom. The lowest BCUT2D eigenvalue weighted by Crippen LogP contribution is -2.38. The normalized spacial score (nSPS) is 11.9. The molecular formula is C28H31N3O3. The van der Waals surface area contributed by atoms with Crippen molar-refractivity contribution in [3.8, 4) is 0 Å². The van der Waals surface area contributed by atoms with Gasteiger partial charge in [-0.05, 0) is 40.8 Å². The average molecular weight is 458 g/mol. The predicted molar refractivity (Wildman–Crippen MR) is 134 cm³/mol. The highest BCUT2D eigenvalue weighted by atomic mass is 16.2. The zero-order valence-corrected chi connectivity index (χ0v) is 19.8. The Hall–Kier alpha value is -3.93. The minimum absolute atomic E-state index is 0.00912. The molecule has 1 atom stereocenters. The monoisotopic (exact) mass is 457 g/mol. The second kappa shape index (κ2) is 11.3. The predicted octanol–water partition coefficient (Wildman–Crippen LogP) is 4.60. The van der Waals surface area contributed by atoms with Crippen LogP contribution >= 0.6 is 0 Å². The van der Waals surface area contributed by atoms with E-state index in [2.05, 4.69) is 36.7 Å². The summed E-state index contributed by atoms with van der Waals surface area (Å²) in [6, 6.07) is 24.7. The van der Waals surface area contributed by atoms with E-state index in [0.29, 0.717) is 16.8 Å². The van der Waals surface area contributed by atoms with Crippen LogP contribution in [0.4, 0.5) is 5.69 Å². The van der Waals surface area contributed by atoms with Crippen molar-refractivity contribution < 1.29 is 14.4 Å². The molecule has 0 saturated heterocycles. The molecule has 0 saturated carbocycles. The van der Waals surface area contributed by atoms with Crippen LogP contribution in [-0.4, -0.2) is 24.3 Å². The van der Waals surface area contributed by atoms with Crippen molar-refractivity contribution in [1.82, 2.24) is 10.6 Å². The SMILES string of the molecule is CC(C)(C)c1ccc(C(=O)NCCC(=O)NC(C(=O)Nc2ccccc2)c2ccccc2)cc1. The van der Waals surface area contributed by atoms with Gasteiger partial charge in [0.2, 0.25) is 5.91 Å². The summed E-state index contributed by atoms with van der Waals surface area (Å²) in [4.78, 5) is 38.0. The molecule has 6 heteroatoms. The first-order valence-corrected chi connectivity index (χ1v) is 11.3. The number of carbonyl (C=O) groups excluding carboxylic acids is 3. The van der Waals surface area contributed by atoms with Gasteiger partial charge in [0.1, 0.15) is 6.04 Å². The highest BCUT2D eigenvalue weighted by molar-refractivity contribution is 5.98. The molecule has 0 heterocycles. The van der Waals surface area contributed by atoms with E-state index in [0.717, 1.165) is 5.56 Å². The van der Waals surface area contributed by atoms with E-state index in [1.54, 1.807) is 36.4 Å². The summed E-state index contributed by atoms with van der Waals surface area (Å²) in [7, 11) is 0. The van der Waals surface area contributed by atoms with E-state index in [4.69, 9.17) is 0 Å². The Balaban J connectivity index is 1.57. The molecule has 3 aromatic rings. The number of nitrogens with one attached hydrogen (secondary N) is 3. The van der Waals surface area contributed by atoms with E-state index >= 15 is 0 Å². The number of rotatable bonds is 8. The lowest BCUT2D eigenvalue weighted by Gasteiger charge is -2.19. The van der Waals surface area contributed by atoms with Crippen LogP contribution in [-0.2, 0) is 15.0 Å². The average Bonchev–Trinajstić information content (AvgIpc) is 2.83. The van der Waals surface area contributed by atoms with Crippen molar-refractivity contribution in [3.05, 3.63) is 102 Å². The fraction of sp³-hybridized carbons (Fsp3) is 0.250. The Kier molecular flexibility index (Phi) is 8.19. The molecule has 3 amide bonds. The number of carbonyl (C=O) groups is 3.